The van der Waals surface area contributed by atoms with Gasteiger partial charge in [-0.3, -0.25) is 9.48 Å². The molecule has 2 fully saturated rings. The van der Waals surface area contributed by atoms with Gasteiger partial charge in [0.15, 0.2) is 9.84 Å². The maximum absolute atomic E-state index is 11.7. The first-order valence-electron chi connectivity index (χ1n) is 8.05. The van der Waals surface area contributed by atoms with Crippen LogP contribution < -0.4 is 4.90 Å². The number of aromatic nitrogens is 2. The summed E-state index contributed by atoms with van der Waals surface area (Å²) in [5.74, 6) is 0.555. The van der Waals surface area contributed by atoms with Crippen LogP contribution >= 0.6 is 0 Å². The molecule has 1 amide bonds. The second-order valence-corrected chi connectivity index (χ2v) is 8.74. The minimum atomic E-state index is -2.92. The van der Waals surface area contributed by atoms with E-state index in [0.717, 1.165) is 43.3 Å². The van der Waals surface area contributed by atoms with Crippen LogP contribution in [0.3, 0.4) is 0 Å². The van der Waals surface area contributed by atoms with Gasteiger partial charge in [0, 0.05) is 33.1 Å². The molecule has 0 saturated carbocycles. The molecule has 23 heavy (non-hydrogen) atoms. The molecule has 1 aromatic rings. The summed E-state index contributed by atoms with van der Waals surface area (Å²) < 4.78 is 25.4. The van der Waals surface area contributed by atoms with Gasteiger partial charge in [-0.15, -0.1) is 0 Å². The summed E-state index contributed by atoms with van der Waals surface area (Å²) in [4.78, 5) is 15.6. The van der Waals surface area contributed by atoms with Gasteiger partial charge in [0.05, 0.1) is 34.6 Å². The van der Waals surface area contributed by atoms with E-state index in [1.54, 1.807) is 6.92 Å². The van der Waals surface area contributed by atoms with Gasteiger partial charge in [-0.25, -0.2) is 8.42 Å². The maximum atomic E-state index is 11.7. The highest BCUT2D eigenvalue weighted by molar-refractivity contribution is 7.91. The van der Waals surface area contributed by atoms with Crippen molar-refractivity contribution in [1.29, 1.82) is 0 Å². The van der Waals surface area contributed by atoms with Gasteiger partial charge >= 0.3 is 0 Å². The van der Waals surface area contributed by atoms with Crippen LogP contribution in [0.25, 0.3) is 0 Å². The molecule has 8 heteroatoms. The van der Waals surface area contributed by atoms with Gasteiger partial charge in [-0.1, -0.05) is 0 Å². The van der Waals surface area contributed by atoms with Crippen molar-refractivity contribution in [3.05, 3.63) is 11.4 Å². The average molecular weight is 340 g/mol. The van der Waals surface area contributed by atoms with E-state index in [-0.39, 0.29) is 23.5 Å². The zero-order chi connectivity index (χ0) is 16.8. The third-order valence-electron chi connectivity index (χ3n) is 4.88. The number of sulfone groups is 1. The van der Waals surface area contributed by atoms with Gasteiger partial charge in [0.25, 0.3) is 0 Å². The zero-order valence-corrected chi connectivity index (χ0v) is 14.8. The first-order valence-corrected chi connectivity index (χ1v) is 9.87. The smallest absolute Gasteiger partial charge is 0.219 e. The minimum absolute atomic E-state index is 0.0500. The monoisotopic (exact) mass is 340 g/mol. The Balaban J connectivity index is 1.81. The van der Waals surface area contributed by atoms with Crippen LogP contribution in [0.1, 0.15) is 30.8 Å². The summed E-state index contributed by atoms with van der Waals surface area (Å²) in [5, 5.41) is 4.62. The van der Waals surface area contributed by atoms with Gasteiger partial charge in [0.2, 0.25) is 5.91 Å². The Morgan fingerprint density at radius 3 is 2.35 bits per heavy atom. The first kappa shape index (κ1) is 16.3. The van der Waals surface area contributed by atoms with Crippen molar-refractivity contribution < 1.29 is 13.2 Å². The van der Waals surface area contributed by atoms with Crippen LogP contribution in [0, 0.1) is 13.8 Å². The summed E-state index contributed by atoms with van der Waals surface area (Å²) >= 11 is 0. The second-order valence-electron chi connectivity index (χ2n) is 6.51. The molecule has 2 saturated heterocycles. The molecule has 1 atom stereocenters. The third-order valence-corrected chi connectivity index (χ3v) is 6.63. The van der Waals surface area contributed by atoms with Crippen LogP contribution in [0.4, 0.5) is 5.69 Å². The Morgan fingerprint density at radius 1 is 1.17 bits per heavy atom. The molecule has 128 valence electrons. The van der Waals surface area contributed by atoms with Crippen molar-refractivity contribution in [3.8, 4) is 0 Å². The van der Waals surface area contributed by atoms with E-state index in [4.69, 9.17) is 0 Å². The molecule has 1 aromatic heterocycles. The number of anilines is 1. The molecular weight excluding hydrogens is 316 g/mol. The fraction of sp³-hybridized carbons (Fsp3) is 0.733. The van der Waals surface area contributed by atoms with E-state index in [1.165, 1.54) is 0 Å². The van der Waals surface area contributed by atoms with E-state index in [0.29, 0.717) is 6.42 Å². The summed E-state index contributed by atoms with van der Waals surface area (Å²) in [7, 11) is -2.92. The fourth-order valence-corrected chi connectivity index (χ4v) is 5.37. The summed E-state index contributed by atoms with van der Waals surface area (Å²) in [5.41, 5.74) is 3.06. The number of hydrogen-bond donors (Lipinski definition) is 0. The second kappa shape index (κ2) is 5.81. The number of carbonyl (C=O) groups excluding carboxylic acids is 1. The number of carbonyl (C=O) groups is 1. The lowest BCUT2D eigenvalue weighted by Crippen LogP contribution is -2.48. The van der Waals surface area contributed by atoms with Crippen LogP contribution in [0.5, 0.6) is 0 Å². The van der Waals surface area contributed by atoms with Gasteiger partial charge in [-0.2, -0.15) is 5.10 Å². The molecule has 0 N–H and O–H groups in total. The van der Waals surface area contributed by atoms with Crippen LogP contribution in [-0.2, 0) is 14.6 Å². The standard InChI is InChI=1S/C15H24N4O3S/c1-11-15(18-7-5-17(6-8-18)13(3)20)12(2)19(16-11)14-4-9-23(21,22)10-14/h14H,4-10H2,1-3H3. The van der Waals surface area contributed by atoms with E-state index in [2.05, 4.69) is 10.00 Å². The minimum Gasteiger partial charge on any atom is -0.365 e. The van der Waals surface area contributed by atoms with Crippen molar-refractivity contribution in [1.82, 2.24) is 14.7 Å². The lowest BCUT2D eigenvalue weighted by atomic mass is 10.2. The van der Waals surface area contributed by atoms with E-state index in [9.17, 15) is 13.2 Å². The number of nitrogens with zero attached hydrogens (tertiary/aromatic N) is 4. The molecule has 2 aliphatic rings. The maximum Gasteiger partial charge on any atom is 0.219 e. The predicted octanol–water partition coefficient (Wildman–Crippen LogP) is 0.528. The Labute approximate surface area is 137 Å². The van der Waals surface area contributed by atoms with Crippen molar-refractivity contribution in [2.45, 2.75) is 33.2 Å². The number of piperazine rings is 1. The summed E-state index contributed by atoms with van der Waals surface area (Å²) in [6.07, 6.45) is 0.641. The van der Waals surface area contributed by atoms with Crippen LogP contribution in [0.2, 0.25) is 0 Å². The summed E-state index contributed by atoms with van der Waals surface area (Å²) in [6.45, 7) is 8.60. The highest BCUT2D eigenvalue weighted by Gasteiger charge is 2.32. The third kappa shape index (κ3) is 3.08. The molecule has 0 spiro atoms. The quantitative estimate of drug-likeness (QED) is 0.785. The molecule has 0 aromatic carbocycles. The van der Waals surface area contributed by atoms with E-state index < -0.39 is 9.84 Å². The number of rotatable bonds is 2. The molecule has 1 unspecified atom stereocenters. The zero-order valence-electron chi connectivity index (χ0n) is 13.9. The van der Waals surface area contributed by atoms with E-state index in [1.807, 2.05) is 23.4 Å². The lowest BCUT2D eigenvalue weighted by molar-refractivity contribution is -0.129. The lowest BCUT2D eigenvalue weighted by Gasteiger charge is -2.35. The number of hydrogen-bond acceptors (Lipinski definition) is 5. The molecular formula is C15H24N4O3S. The van der Waals surface area contributed by atoms with Gasteiger partial charge in [-0.05, 0) is 20.3 Å². The van der Waals surface area contributed by atoms with Crippen molar-refractivity contribution in [2.24, 2.45) is 0 Å². The normalized spacial score (nSPS) is 24.2. The molecule has 2 aliphatic heterocycles. The van der Waals surface area contributed by atoms with Gasteiger partial charge < -0.3 is 9.80 Å². The van der Waals surface area contributed by atoms with Crippen LogP contribution in [0.15, 0.2) is 0 Å². The molecule has 0 radical (unpaired) electrons. The molecule has 7 nitrogen and oxygen atoms in total. The Morgan fingerprint density at radius 2 is 1.83 bits per heavy atom. The Hall–Kier alpha value is -1.57. The highest BCUT2D eigenvalue weighted by Crippen LogP contribution is 2.31. The number of amides is 1. The topological polar surface area (TPSA) is 75.5 Å². The first-order chi connectivity index (χ1) is 10.8. The molecule has 3 rings (SSSR count). The van der Waals surface area contributed by atoms with Crippen molar-refractivity contribution in [2.75, 3.05) is 42.6 Å². The van der Waals surface area contributed by atoms with Crippen LogP contribution in [-0.4, -0.2) is 66.7 Å². The largest absolute Gasteiger partial charge is 0.365 e. The Kier molecular flexibility index (Phi) is 4.12. The number of aryl methyl sites for hydroxylation is 1. The Bertz CT molecular complexity index is 717. The van der Waals surface area contributed by atoms with E-state index >= 15 is 0 Å². The fourth-order valence-electron chi connectivity index (χ4n) is 3.68. The predicted molar refractivity (Wildman–Crippen MR) is 88.5 cm³/mol. The van der Waals surface area contributed by atoms with Crippen molar-refractivity contribution >= 4 is 21.4 Å². The van der Waals surface area contributed by atoms with Crippen molar-refractivity contribution in [3.63, 3.8) is 0 Å². The summed E-state index contributed by atoms with van der Waals surface area (Å²) in [6, 6.07) is -0.0500. The average Bonchev–Trinajstić information content (AvgIpc) is 2.98. The molecule has 0 bridgehead atoms. The molecule has 3 heterocycles. The van der Waals surface area contributed by atoms with Gasteiger partial charge in [0.1, 0.15) is 0 Å². The SMILES string of the molecule is CC(=O)N1CCN(c2c(C)nn(C3CCS(=O)(=O)C3)c2C)CC1. The highest BCUT2D eigenvalue weighted by atomic mass is 32.2. The molecule has 0 aliphatic carbocycles.